The average Bonchev–Trinajstić information content (AvgIpc) is 2.64. The lowest BCUT2D eigenvalue weighted by atomic mass is 10.1. The lowest BCUT2D eigenvalue weighted by molar-refractivity contribution is 0.477. The van der Waals surface area contributed by atoms with E-state index < -0.39 is 0 Å². The number of para-hydroxylation sites is 1. The first-order valence-electron chi connectivity index (χ1n) is 8.56. The smallest absolute Gasteiger partial charge is 0.165 e. The van der Waals surface area contributed by atoms with E-state index in [9.17, 15) is 5.11 Å². The van der Waals surface area contributed by atoms with Gasteiger partial charge in [-0.3, -0.25) is 0 Å². The highest BCUT2D eigenvalue weighted by Crippen LogP contribution is 2.25. The fourth-order valence-corrected chi connectivity index (χ4v) is 2.83. The van der Waals surface area contributed by atoms with Crippen LogP contribution in [0, 0.1) is 0 Å². The van der Waals surface area contributed by atoms with E-state index in [0.29, 0.717) is 11.4 Å². The molecule has 1 aromatic carbocycles. The van der Waals surface area contributed by atoms with Gasteiger partial charge in [-0.1, -0.05) is 30.4 Å². The Hall–Kier alpha value is -2.66. The van der Waals surface area contributed by atoms with Crippen LogP contribution in [0.15, 0.2) is 35.9 Å². The Morgan fingerprint density at radius 1 is 1.24 bits per heavy atom. The van der Waals surface area contributed by atoms with Crippen molar-refractivity contribution in [1.82, 2.24) is 15.3 Å². The van der Waals surface area contributed by atoms with Crippen molar-refractivity contribution >= 4 is 18.5 Å². The number of aromatic hydroxyl groups is 1. The fourth-order valence-electron chi connectivity index (χ4n) is 2.83. The maximum atomic E-state index is 10.2. The number of benzene rings is 1. The first-order valence-corrected chi connectivity index (χ1v) is 8.56. The molecule has 1 aromatic heterocycles. The van der Waals surface area contributed by atoms with E-state index in [1.807, 2.05) is 38.1 Å². The molecule has 0 radical (unpaired) electrons. The van der Waals surface area contributed by atoms with Gasteiger partial charge in [0.25, 0.3) is 0 Å². The number of rotatable bonds is 3. The molecule has 1 fully saturated rings. The Morgan fingerprint density at radius 2 is 1.96 bits per heavy atom. The number of hydrogen-bond acceptors (Lipinski definition) is 5. The second-order valence-corrected chi connectivity index (χ2v) is 6.17. The summed E-state index contributed by atoms with van der Waals surface area (Å²) in [6.07, 6.45) is 4.05. The molecule has 1 saturated heterocycles. The van der Waals surface area contributed by atoms with Crippen molar-refractivity contribution in [3.8, 4) is 17.1 Å². The molecule has 0 unspecified atom stereocenters. The van der Waals surface area contributed by atoms with Gasteiger partial charge in [0.2, 0.25) is 0 Å². The topological polar surface area (TPSA) is 61.3 Å². The molecule has 2 aromatic rings. The van der Waals surface area contributed by atoms with Crippen molar-refractivity contribution in [2.24, 2.45) is 0 Å². The largest absolute Gasteiger partial charge is 0.507 e. The van der Waals surface area contributed by atoms with Gasteiger partial charge in [-0.25, -0.2) is 9.97 Å². The highest BCUT2D eigenvalue weighted by atomic mass is 16.3. The van der Waals surface area contributed by atoms with Crippen LogP contribution in [0.1, 0.15) is 13.8 Å². The third-order valence-corrected chi connectivity index (χ3v) is 4.40. The summed E-state index contributed by atoms with van der Waals surface area (Å²) in [6.45, 7) is 11.9. The van der Waals surface area contributed by atoms with Crippen LogP contribution in [0.4, 0.5) is 5.82 Å². The molecule has 130 valence electrons. The van der Waals surface area contributed by atoms with E-state index >= 15 is 0 Å². The van der Waals surface area contributed by atoms with Gasteiger partial charge in [0, 0.05) is 31.4 Å². The summed E-state index contributed by atoms with van der Waals surface area (Å²) >= 11 is 0. The van der Waals surface area contributed by atoms with E-state index in [1.165, 1.54) is 0 Å². The van der Waals surface area contributed by atoms with Crippen LogP contribution in [0.2, 0.25) is 0 Å². The number of allylic oxidation sites excluding steroid dienone is 2. The summed E-state index contributed by atoms with van der Waals surface area (Å²) in [5, 5.41) is 15.2. The molecule has 5 heteroatoms. The van der Waals surface area contributed by atoms with Crippen LogP contribution in [0.5, 0.6) is 5.75 Å². The summed E-state index contributed by atoms with van der Waals surface area (Å²) in [4.78, 5) is 11.6. The number of nitrogens with one attached hydrogen (secondary N) is 1. The van der Waals surface area contributed by atoms with Crippen molar-refractivity contribution < 1.29 is 5.11 Å². The molecule has 0 spiro atoms. The number of phenols is 1. The van der Waals surface area contributed by atoms with Gasteiger partial charge in [-0.2, -0.15) is 0 Å². The van der Waals surface area contributed by atoms with E-state index in [1.54, 1.807) is 12.1 Å². The summed E-state index contributed by atoms with van der Waals surface area (Å²) < 4.78 is 0. The van der Waals surface area contributed by atoms with Crippen LogP contribution >= 0.6 is 0 Å². The summed E-state index contributed by atoms with van der Waals surface area (Å²) in [5.74, 6) is 1.54. The minimum absolute atomic E-state index is 0.180. The second-order valence-electron chi connectivity index (χ2n) is 6.17. The van der Waals surface area contributed by atoms with Crippen molar-refractivity contribution in [1.29, 1.82) is 0 Å². The predicted molar refractivity (Wildman–Crippen MR) is 103 cm³/mol. The van der Waals surface area contributed by atoms with Crippen molar-refractivity contribution in [2.45, 2.75) is 13.8 Å². The van der Waals surface area contributed by atoms with Gasteiger partial charge in [-0.05, 0) is 32.1 Å². The monoisotopic (exact) mass is 336 g/mol. The molecule has 3 rings (SSSR count). The minimum Gasteiger partial charge on any atom is -0.507 e. The number of aromatic nitrogens is 2. The van der Waals surface area contributed by atoms with Crippen LogP contribution in [0.25, 0.3) is 24.0 Å². The van der Waals surface area contributed by atoms with Crippen molar-refractivity contribution in [2.75, 3.05) is 31.1 Å². The number of piperazine rings is 1. The quantitative estimate of drug-likeness (QED) is 0.888. The van der Waals surface area contributed by atoms with Gasteiger partial charge in [0.1, 0.15) is 11.6 Å². The van der Waals surface area contributed by atoms with Crippen LogP contribution in [-0.4, -0.2) is 41.3 Å². The van der Waals surface area contributed by atoms with Crippen molar-refractivity contribution in [3.05, 3.63) is 46.5 Å². The van der Waals surface area contributed by atoms with Crippen LogP contribution in [-0.2, 0) is 0 Å². The Bertz CT molecular complexity index is 898. The molecule has 0 aliphatic carbocycles. The first-order chi connectivity index (χ1) is 12.1. The highest BCUT2D eigenvalue weighted by Gasteiger charge is 2.16. The van der Waals surface area contributed by atoms with Gasteiger partial charge in [0.05, 0.1) is 10.9 Å². The zero-order valence-corrected chi connectivity index (χ0v) is 14.8. The Kier molecular flexibility index (Phi) is 5.14. The zero-order valence-electron chi connectivity index (χ0n) is 14.8. The number of nitrogens with zero attached hydrogens (tertiary/aromatic N) is 3. The van der Waals surface area contributed by atoms with Crippen molar-refractivity contribution in [3.63, 3.8) is 0 Å². The first kappa shape index (κ1) is 17.2. The molecule has 5 nitrogen and oxygen atoms in total. The molecule has 2 N–H and O–H groups in total. The molecule has 25 heavy (non-hydrogen) atoms. The summed E-state index contributed by atoms with van der Waals surface area (Å²) in [7, 11) is 0. The molecule has 0 saturated carbocycles. The van der Waals surface area contributed by atoms with E-state index in [-0.39, 0.29) is 5.75 Å². The number of hydrogen-bond donors (Lipinski definition) is 2. The maximum Gasteiger partial charge on any atom is 0.165 e. The van der Waals surface area contributed by atoms with E-state index in [0.717, 1.165) is 48.1 Å². The molecular weight excluding hydrogens is 312 g/mol. The lowest BCUT2D eigenvalue weighted by Gasteiger charge is -2.29. The summed E-state index contributed by atoms with van der Waals surface area (Å²) in [6, 6.07) is 7.16. The van der Waals surface area contributed by atoms with Gasteiger partial charge in [0.15, 0.2) is 5.82 Å². The molecule has 0 atom stereocenters. The average molecular weight is 336 g/mol. The van der Waals surface area contributed by atoms with Gasteiger partial charge >= 0.3 is 0 Å². The lowest BCUT2D eigenvalue weighted by Crippen LogP contribution is -2.47. The molecule has 1 aliphatic heterocycles. The molecular formula is C20H24N4O. The highest BCUT2D eigenvalue weighted by molar-refractivity contribution is 5.65. The molecule has 0 amide bonds. The van der Waals surface area contributed by atoms with Crippen LogP contribution in [0.3, 0.4) is 0 Å². The third kappa shape index (κ3) is 3.72. The summed E-state index contributed by atoms with van der Waals surface area (Å²) in [5.41, 5.74) is 1.74. The Balaban J connectivity index is 2.23. The Labute approximate surface area is 148 Å². The third-order valence-electron chi connectivity index (χ3n) is 4.40. The second kappa shape index (κ2) is 7.49. The fraction of sp³-hybridized carbons (Fsp3) is 0.300. The number of phenolic OH excluding ortho intramolecular Hbond substituents is 1. The Morgan fingerprint density at radius 3 is 2.64 bits per heavy atom. The predicted octanol–water partition coefficient (Wildman–Crippen LogP) is 1.42. The number of anilines is 1. The SMILES string of the molecule is C=c1c(N2CCNCC2)nc(-c2ccccc2O)n/c1=C/C(C)=C\C. The zero-order chi connectivity index (χ0) is 17.8. The minimum atomic E-state index is 0.180. The normalized spacial score (nSPS) is 16.3. The van der Waals surface area contributed by atoms with Crippen LogP contribution < -0.4 is 20.8 Å². The molecule has 1 aliphatic rings. The van der Waals surface area contributed by atoms with Gasteiger partial charge < -0.3 is 15.3 Å². The standard InChI is InChI=1S/C20H24N4O/c1-4-14(2)13-17-15(3)20(24-11-9-21-10-12-24)23-19(22-17)16-7-5-6-8-18(16)25/h4-8,13,21,25H,3,9-12H2,1-2H3/b14-4-,17-13+. The molecule has 0 bridgehead atoms. The maximum absolute atomic E-state index is 10.2. The van der Waals surface area contributed by atoms with E-state index in [2.05, 4.69) is 21.8 Å². The molecule has 2 heterocycles. The van der Waals surface area contributed by atoms with Gasteiger partial charge in [-0.15, -0.1) is 0 Å². The van der Waals surface area contributed by atoms with E-state index in [4.69, 9.17) is 4.98 Å².